The normalized spacial score (nSPS) is 14.5. The van der Waals surface area contributed by atoms with Crippen molar-refractivity contribution in [3.8, 4) is 0 Å². The summed E-state index contributed by atoms with van der Waals surface area (Å²) in [6.07, 6.45) is 2.94. The number of hydrogen-bond donors (Lipinski definition) is 1. The van der Waals surface area contributed by atoms with E-state index in [1.807, 2.05) is 0 Å². The molecule has 0 bridgehead atoms. The summed E-state index contributed by atoms with van der Waals surface area (Å²) in [6.45, 7) is -0.342. The molecule has 140 valence electrons. The first-order valence-corrected chi connectivity index (χ1v) is 8.42. The second-order valence-corrected chi connectivity index (χ2v) is 6.19. The van der Waals surface area contributed by atoms with Crippen molar-refractivity contribution in [2.75, 3.05) is 25.0 Å². The fraction of sp³-hybridized carbons (Fsp3) is 0.438. The molecule has 1 aromatic carbocycles. The average molecular weight is 384 g/mol. The lowest BCUT2D eigenvalue weighted by molar-refractivity contribution is -0.383. The van der Waals surface area contributed by atoms with Gasteiger partial charge < -0.3 is 15.0 Å². The number of likely N-dealkylation sites (tertiary alicyclic amines) is 1. The van der Waals surface area contributed by atoms with E-state index in [-0.39, 0.29) is 28.8 Å². The van der Waals surface area contributed by atoms with Gasteiger partial charge in [0.2, 0.25) is 5.91 Å². The van der Waals surface area contributed by atoms with Crippen LogP contribution in [0.15, 0.2) is 18.2 Å². The smallest absolute Gasteiger partial charge is 0.326 e. The number of amides is 2. The first-order valence-electron chi connectivity index (χ1n) is 8.04. The van der Waals surface area contributed by atoms with Crippen LogP contribution in [0, 0.1) is 10.1 Å². The van der Waals surface area contributed by atoms with Crippen molar-refractivity contribution in [1.29, 1.82) is 0 Å². The van der Waals surface area contributed by atoms with Crippen LogP contribution in [0.25, 0.3) is 0 Å². The van der Waals surface area contributed by atoms with Crippen LogP contribution in [0.5, 0.6) is 0 Å². The summed E-state index contributed by atoms with van der Waals surface area (Å²) < 4.78 is 4.85. The SMILES string of the molecule is O=C(COC(=O)CN1CCCCCC1=O)Nc1ccc(Cl)cc1[N+](=O)[O-]. The number of carbonyl (C=O) groups is 3. The van der Waals surface area contributed by atoms with Crippen molar-refractivity contribution >= 4 is 40.8 Å². The number of esters is 1. The van der Waals surface area contributed by atoms with Gasteiger partial charge in [-0.15, -0.1) is 0 Å². The number of nitro groups is 1. The highest BCUT2D eigenvalue weighted by molar-refractivity contribution is 6.31. The van der Waals surface area contributed by atoms with Gasteiger partial charge in [0.15, 0.2) is 6.61 Å². The monoisotopic (exact) mass is 383 g/mol. The zero-order chi connectivity index (χ0) is 19.1. The number of nitro benzene ring substituents is 1. The molecule has 0 saturated carbocycles. The molecule has 1 aliphatic rings. The summed E-state index contributed by atoms with van der Waals surface area (Å²) in [6, 6.07) is 3.78. The molecule has 2 rings (SSSR count). The van der Waals surface area contributed by atoms with Crippen LogP contribution in [0.2, 0.25) is 5.02 Å². The lowest BCUT2D eigenvalue weighted by Gasteiger charge is -2.19. The van der Waals surface area contributed by atoms with E-state index >= 15 is 0 Å². The number of carbonyl (C=O) groups excluding carboxylic acids is 3. The Hall–Kier alpha value is -2.68. The average Bonchev–Trinajstić information content (AvgIpc) is 2.79. The summed E-state index contributed by atoms with van der Waals surface area (Å²) >= 11 is 5.70. The van der Waals surface area contributed by atoms with E-state index in [9.17, 15) is 24.5 Å². The Balaban J connectivity index is 1.86. The topological polar surface area (TPSA) is 119 Å². The lowest BCUT2D eigenvalue weighted by atomic mass is 10.2. The van der Waals surface area contributed by atoms with E-state index in [1.54, 1.807) is 0 Å². The van der Waals surface area contributed by atoms with Crippen LogP contribution >= 0.6 is 11.6 Å². The number of hydrogen-bond acceptors (Lipinski definition) is 6. The summed E-state index contributed by atoms with van der Waals surface area (Å²) in [7, 11) is 0. The van der Waals surface area contributed by atoms with Crippen molar-refractivity contribution in [3.63, 3.8) is 0 Å². The number of rotatable bonds is 6. The Morgan fingerprint density at radius 2 is 2.08 bits per heavy atom. The quantitative estimate of drug-likeness (QED) is 0.456. The molecule has 0 aliphatic carbocycles. The van der Waals surface area contributed by atoms with Gasteiger partial charge in [-0.1, -0.05) is 18.0 Å². The van der Waals surface area contributed by atoms with Crippen LogP contribution in [0.1, 0.15) is 25.7 Å². The molecule has 1 aromatic rings. The predicted molar refractivity (Wildman–Crippen MR) is 92.7 cm³/mol. The molecule has 0 unspecified atom stereocenters. The van der Waals surface area contributed by atoms with Gasteiger partial charge in [0.05, 0.1) is 4.92 Å². The van der Waals surface area contributed by atoms with E-state index in [0.29, 0.717) is 13.0 Å². The van der Waals surface area contributed by atoms with Gasteiger partial charge in [0.25, 0.3) is 11.6 Å². The molecular weight excluding hydrogens is 366 g/mol. The highest BCUT2D eigenvalue weighted by Gasteiger charge is 2.21. The molecule has 1 N–H and O–H groups in total. The van der Waals surface area contributed by atoms with Gasteiger partial charge in [-0.3, -0.25) is 24.5 Å². The van der Waals surface area contributed by atoms with Crippen molar-refractivity contribution in [2.45, 2.75) is 25.7 Å². The summed E-state index contributed by atoms with van der Waals surface area (Å²) in [5.74, 6) is -1.55. The maximum atomic E-state index is 11.9. The minimum Gasteiger partial charge on any atom is -0.454 e. The third kappa shape index (κ3) is 5.69. The molecule has 2 amide bonds. The summed E-state index contributed by atoms with van der Waals surface area (Å²) in [5.41, 5.74) is -0.421. The van der Waals surface area contributed by atoms with Crippen molar-refractivity contribution in [3.05, 3.63) is 33.3 Å². The van der Waals surface area contributed by atoms with Crippen LogP contribution in [-0.2, 0) is 19.1 Å². The van der Waals surface area contributed by atoms with Gasteiger partial charge in [0, 0.05) is 24.1 Å². The third-order valence-electron chi connectivity index (χ3n) is 3.79. The number of anilines is 1. The van der Waals surface area contributed by atoms with Gasteiger partial charge in [-0.2, -0.15) is 0 Å². The van der Waals surface area contributed by atoms with E-state index in [1.165, 1.54) is 17.0 Å². The van der Waals surface area contributed by atoms with E-state index in [0.717, 1.165) is 25.3 Å². The Bertz CT molecular complexity index is 724. The molecule has 9 nitrogen and oxygen atoms in total. The van der Waals surface area contributed by atoms with Crippen LogP contribution < -0.4 is 5.32 Å². The maximum Gasteiger partial charge on any atom is 0.326 e. The molecule has 0 spiro atoms. The molecule has 26 heavy (non-hydrogen) atoms. The zero-order valence-corrected chi connectivity index (χ0v) is 14.7. The standard InChI is InChI=1S/C16H18ClN3O6/c17-11-5-6-12(13(8-11)20(24)25)18-14(21)10-26-16(23)9-19-7-3-1-2-4-15(19)22/h5-6,8H,1-4,7,9-10H2,(H,18,21). The Labute approximate surface area is 154 Å². The van der Waals surface area contributed by atoms with E-state index < -0.39 is 23.4 Å². The fourth-order valence-electron chi connectivity index (χ4n) is 2.50. The lowest BCUT2D eigenvalue weighted by Crippen LogP contribution is -2.36. The molecular formula is C16H18ClN3O6. The second kappa shape index (κ2) is 9.14. The molecule has 10 heteroatoms. The molecule has 1 aliphatic heterocycles. The van der Waals surface area contributed by atoms with E-state index in [4.69, 9.17) is 16.3 Å². The summed E-state index contributed by atoms with van der Waals surface area (Å²) in [4.78, 5) is 47.2. The van der Waals surface area contributed by atoms with Crippen molar-refractivity contribution < 1.29 is 24.0 Å². The molecule has 0 radical (unpaired) electrons. The largest absolute Gasteiger partial charge is 0.454 e. The maximum absolute atomic E-state index is 11.9. The summed E-state index contributed by atoms with van der Waals surface area (Å²) in [5, 5.41) is 13.4. The number of ether oxygens (including phenoxy) is 1. The number of halogens is 1. The molecule has 1 heterocycles. The molecule has 1 saturated heterocycles. The Kier molecular flexibility index (Phi) is 6.90. The molecule has 0 aromatic heterocycles. The highest BCUT2D eigenvalue weighted by Crippen LogP contribution is 2.27. The minimum atomic E-state index is -0.731. The van der Waals surface area contributed by atoms with Gasteiger partial charge in [-0.25, -0.2) is 0 Å². The minimum absolute atomic E-state index is 0.0526. The van der Waals surface area contributed by atoms with Crippen LogP contribution in [0.4, 0.5) is 11.4 Å². The first kappa shape index (κ1) is 19.6. The Morgan fingerprint density at radius 3 is 2.81 bits per heavy atom. The fourth-order valence-corrected chi connectivity index (χ4v) is 2.67. The Morgan fingerprint density at radius 1 is 1.31 bits per heavy atom. The number of benzene rings is 1. The number of nitrogens with one attached hydrogen (secondary N) is 1. The van der Waals surface area contributed by atoms with Crippen LogP contribution in [-0.4, -0.2) is 47.3 Å². The van der Waals surface area contributed by atoms with E-state index in [2.05, 4.69) is 5.32 Å². The molecule has 0 atom stereocenters. The van der Waals surface area contributed by atoms with Crippen molar-refractivity contribution in [1.82, 2.24) is 4.90 Å². The number of nitrogens with zero attached hydrogens (tertiary/aromatic N) is 2. The predicted octanol–water partition coefficient (Wildman–Crippen LogP) is 2.13. The van der Waals surface area contributed by atoms with Gasteiger partial charge >= 0.3 is 5.97 Å². The van der Waals surface area contributed by atoms with Crippen molar-refractivity contribution in [2.24, 2.45) is 0 Å². The molecule has 1 fully saturated rings. The van der Waals surface area contributed by atoms with Gasteiger partial charge in [-0.05, 0) is 25.0 Å². The second-order valence-electron chi connectivity index (χ2n) is 5.75. The first-order chi connectivity index (χ1) is 12.4. The highest BCUT2D eigenvalue weighted by atomic mass is 35.5. The van der Waals surface area contributed by atoms with Crippen LogP contribution in [0.3, 0.4) is 0 Å². The van der Waals surface area contributed by atoms with Gasteiger partial charge in [0.1, 0.15) is 12.2 Å². The zero-order valence-electron chi connectivity index (χ0n) is 13.9. The third-order valence-corrected chi connectivity index (χ3v) is 4.02.